The van der Waals surface area contributed by atoms with E-state index in [0.29, 0.717) is 17.9 Å². The van der Waals surface area contributed by atoms with Crippen LogP contribution in [0.2, 0.25) is 0 Å². The van der Waals surface area contributed by atoms with Crippen molar-refractivity contribution in [1.29, 1.82) is 0 Å². The number of allylic oxidation sites excluding steroid dienone is 2. The van der Waals surface area contributed by atoms with Gasteiger partial charge in [0.25, 0.3) is 0 Å². The van der Waals surface area contributed by atoms with Crippen LogP contribution in [0.25, 0.3) is 0 Å². The molecule has 0 aromatic carbocycles. The molecule has 0 aromatic heterocycles. The Bertz CT molecular complexity index is 374. The van der Waals surface area contributed by atoms with Gasteiger partial charge in [0.05, 0.1) is 11.9 Å². The molecule has 0 amide bonds. The van der Waals surface area contributed by atoms with Gasteiger partial charge in [0, 0.05) is 22.5 Å². The standard InChI is InChI=1S/C6H8Br2O2.C5H3BrO2/c1-10-6(4-7)5(8)2-3-9;6-3-4-1-2-5(7)8-4/h3-5H,2H2,1H3;1-3H/b6-4-;4-3-. The van der Waals surface area contributed by atoms with Gasteiger partial charge in [-0.3, -0.25) is 0 Å². The highest BCUT2D eigenvalue weighted by atomic mass is 79.9. The first kappa shape index (κ1) is 17.6. The molecule has 1 unspecified atom stereocenters. The van der Waals surface area contributed by atoms with Crippen LogP contribution < -0.4 is 0 Å². The number of carbonyl (C=O) groups is 2. The Morgan fingerprint density at radius 3 is 2.44 bits per heavy atom. The molecule has 0 spiro atoms. The fraction of sp³-hybridized carbons (Fsp3) is 0.273. The number of aldehydes is 1. The maximum atomic E-state index is 10.2. The van der Waals surface area contributed by atoms with Crippen molar-refractivity contribution < 1.29 is 19.1 Å². The van der Waals surface area contributed by atoms with Crippen molar-refractivity contribution in [3.05, 3.63) is 33.6 Å². The maximum Gasteiger partial charge on any atom is 0.336 e. The predicted octanol–water partition coefficient (Wildman–Crippen LogP) is 3.56. The lowest BCUT2D eigenvalue weighted by molar-refractivity contribution is -0.132. The first-order valence-corrected chi connectivity index (χ1v) is 7.46. The minimum absolute atomic E-state index is 0.0191. The van der Waals surface area contributed by atoms with Crippen LogP contribution in [-0.2, 0) is 19.1 Å². The van der Waals surface area contributed by atoms with E-state index in [1.807, 2.05) is 0 Å². The van der Waals surface area contributed by atoms with Crippen LogP contribution >= 0.6 is 47.8 Å². The summed E-state index contributed by atoms with van der Waals surface area (Å²) in [5, 5.41) is 0. The minimum atomic E-state index is -0.310. The molecule has 1 aliphatic heterocycles. The van der Waals surface area contributed by atoms with Crippen LogP contribution in [0.3, 0.4) is 0 Å². The van der Waals surface area contributed by atoms with Gasteiger partial charge in [-0.05, 0) is 6.08 Å². The van der Waals surface area contributed by atoms with E-state index in [1.165, 1.54) is 6.08 Å². The summed E-state index contributed by atoms with van der Waals surface area (Å²) in [4.78, 5) is 23.4. The Labute approximate surface area is 130 Å². The van der Waals surface area contributed by atoms with Gasteiger partial charge in [-0.15, -0.1) is 0 Å². The summed E-state index contributed by atoms with van der Waals surface area (Å²) in [6.07, 6.45) is 4.23. The third-order valence-corrected chi connectivity index (χ3v) is 3.39. The zero-order valence-electron chi connectivity index (χ0n) is 9.44. The van der Waals surface area contributed by atoms with Gasteiger partial charge < -0.3 is 14.3 Å². The van der Waals surface area contributed by atoms with Gasteiger partial charge in [0.15, 0.2) is 0 Å². The van der Waals surface area contributed by atoms with Crippen LogP contribution in [0.4, 0.5) is 0 Å². The molecule has 4 nitrogen and oxygen atoms in total. The normalized spacial score (nSPS) is 17.9. The van der Waals surface area contributed by atoms with E-state index in [9.17, 15) is 9.59 Å². The van der Waals surface area contributed by atoms with Crippen LogP contribution in [-0.4, -0.2) is 24.2 Å². The first-order valence-electron chi connectivity index (χ1n) is 4.71. The van der Waals surface area contributed by atoms with E-state index in [-0.39, 0.29) is 10.8 Å². The van der Waals surface area contributed by atoms with E-state index >= 15 is 0 Å². The molecule has 0 saturated carbocycles. The fourth-order valence-electron chi connectivity index (χ4n) is 0.834. The highest BCUT2D eigenvalue weighted by Gasteiger charge is 2.08. The van der Waals surface area contributed by atoms with Gasteiger partial charge in [-0.25, -0.2) is 4.79 Å². The van der Waals surface area contributed by atoms with Crippen molar-refractivity contribution in [2.24, 2.45) is 0 Å². The molecule has 0 aromatic rings. The zero-order chi connectivity index (χ0) is 14.0. The van der Waals surface area contributed by atoms with Crippen molar-refractivity contribution in [3.63, 3.8) is 0 Å². The zero-order valence-corrected chi connectivity index (χ0v) is 14.2. The number of hydrogen-bond acceptors (Lipinski definition) is 4. The second-order valence-electron chi connectivity index (χ2n) is 2.85. The summed E-state index contributed by atoms with van der Waals surface area (Å²) in [5.74, 6) is 0.956. The average Bonchev–Trinajstić information content (AvgIpc) is 2.78. The second-order valence-corrected chi connectivity index (χ2v) is 4.87. The number of rotatable bonds is 4. The van der Waals surface area contributed by atoms with Gasteiger partial charge in [-0.1, -0.05) is 47.8 Å². The third-order valence-electron chi connectivity index (χ3n) is 1.66. The monoisotopic (exact) mass is 444 g/mol. The van der Waals surface area contributed by atoms with Crippen LogP contribution in [0.5, 0.6) is 0 Å². The molecule has 0 radical (unpaired) electrons. The Morgan fingerprint density at radius 1 is 1.50 bits per heavy atom. The van der Waals surface area contributed by atoms with Crippen molar-refractivity contribution in [2.75, 3.05) is 7.11 Å². The lowest BCUT2D eigenvalue weighted by atomic mass is 10.3. The first-order chi connectivity index (χ1) is 8.58. The smallest absolute Gasteiger partial charge is 0.336 e. The largest absolute Gasteiger partial charge is 0.499 e. The fourth-order valence-corrected chi connectivity index (χ4v) is 2.41. The Balaban J connectivity index is 0.000000327. The highest BCUT2D eigenvalue weighted by Crippen LogP contribution is 2.16. The Morgan fingerprint density at radius 2 is 2.17 bits per heavy atom. The number of hydrogen-bond donors (Lipinski definition) is 0. The number of cyclic esters (lactones) is 1. The van der Waals surface area contributed by atoms with E-state index in [1.54, 1.807) is 23.2 Å². The van der Waals surface area contributed by atoms with E-state index in [2.05, 4.69) is 52.5 Å². The van der Waals surface area contributed by atoms with Crippen molar-refractivity contribution in [3.8, 4) is 0 Å². The lowest BCUT2D eigenvalue weighted by Crippen LogP contribution is -2.04. The van der Waals surface area contributed by atoms with Crippen molar-refractivity contribution >= 4 is 60.0 Å². The molecule has 1 heterocycles. The summed E-state index contributed by atoms with van der Waals surface area (Å²) in [6.45, 7) is 0. The Hall–Kier alpha value is -0.400. The van der Waals surface area contributed by atoms with Gasteiger partial charge >= 0.3 is 5.97 Å². The molecule has 0 aliphatic carbocycles. The molecule has 1 rings (SSSR count). The second kappa shape index (κ2) is 10.5. The third kappa shape index (κ3) is 7.13. The molecular weight excluding hydrogens is 436 g/mol. The van der Waals surface area contributed by atoms with Crippen molar-refractivity contribution in [2.45, 2.75) is 11.2 Å². The summed E-state index contributed by atoms with van der Waals surface area (Å²) in [7, 11) is 1.56. The average molecular weight is 447 g/mol. The Kier molecular flexibility index (Phi) is 10.3. The van der Waals surface area contributed by atoms with Crippen LogP contribution in [0, 0.1) is 0 Å². The van der Waals surface area contributed by atoms with E-state index in [0.717, 1.165) is 6.29 Å². The van der Waals surface area contributed by atoms with Crippen LogP contribution in [0.1, 0.15) is 6.42 Å². The van der Waals surface area contributed by atoms with Gasteiger partial charge in [-0.2, -0.15) is 0 Å². The molecule has 7 heteroatoms. The molecular formula is C11H11Br3O4. The molecule has 0 bridgehead atoms. The number of ether oxygens (including phenoxy) is 2. The molecule has 18 heavy (non-hydrogen) atoms. The van der Waals surface area contributed by atoms with E-state index < -0.39 is 0 Å². The number of carbonyl (C=O) groups excluding carboxylic acids is 2. The summed E-state index contributed by atoms with van der Waals surface area (Å²) < 4.78 is 9.50. The number of halogens is 3. The van der Waals surface area contributed by atoms with Crippen molar-refractivity contribution in [1.82, 2.24) is 0 Å². The summed E-state index contributed by atoms with van der Waals surface area (Å²) >= 11 is 9.40. The number of alkyl halides is 1. The lowest BCUT2D eigenvalue weighted by Gasteiger charge is -2.07. The molecule has 1 aliphatic rings. The summed E-state index contributed by atoms with van der Waals surface area (Å²) in [6, 6.07) is 0. The SMILES string of the molecule is CO/C(=C\Br)C(Br)CC=O.O=C1C=C/C(=C/Br)O1. The molecule has 0 saturated heterocycles. The van der Waals surface area contributed by atoms with Crippen LogP contribution in [0.15, 0.2) is 33.6 Å². The highest BCUT2D eigenvalue weighted by molar-refractivity contribution is 9.11. The summed E-state index contributed by atoms with van der Waals surface area (Å²) in [5.41, 5.74) is 0. The molecule has 0 fully saturated rings. The maximum absolute atomic E-state index is 10.2. The minimum Gasteiger partial charge on any atom is -0.499 e. The quantitative estimate of drug-likeness (QED) is 0.287. The molecule has 0 N–H and O–H groups in total. The topological polar surface area (TPSA) is 52.6 Å². The van der Waals surface area contributed by atoms with E-state index in [4.69, 9.17) is 4.74 Å². The number of esters is 1. The van der Waals surface area contributed by atoms with Gasteiger partial charge in [0.2, 0.25) is 0 Å². The van der Waals surface area contributed by atoms with Gasteiger partial charge in [0.1, 0.15) is 17.8 Å². The molecule has 100 valence electrons. The predicted molar refractivity (Wildman–Crippen MR) is 79.7 cm³/mol. The molecule has 1 atom stereocenters. The number of methoxy groups -OCH3 is 1.